The van der Waals surface area contributed by atoms with Gasteiger partial charge in [-0.3, -0.25) is 0 Å². The second-order valence-electron chi connectivity index (χ2n) is 4.61. The molecular formula is C12H18N2O3S. The van der Waals surface area contributed by atoms with Crippen molar-refractivity contribution in [3.05, 3.63) is 29.3 Å². The molecular weight excluding hydrogens is 252 g/mol. The molecule has 6 heteroatoms. The van der Waals surface area contributed by atoms with Crippen molar-refractivity contribution in [2.45, 2.75) is 30.9 Å². The van der Waals surface area contributed by atoms with E-state index in [-0.39, 0.29) is 6.54 Å². The van der Waals surface area contributed by atoms with E-state index in [0.717, 1.165) is 5.56 Å². The number of nitrogens with zero attached hydrogens (tertiary/aromatic N) is 1. The minimum atomic E-state index is -3.52. The zero-order chi connectivity index (χ0) is 13.3. The number of hydrogen-bond acceptors (Lipinski definition) is 4. The quantitative estimate of drug-likeness (QED) is 0.822. The molecule has 0 aliphatic carbocycles. The first-order valence-electron chi connectivity index (χ1n) is 5.93. The van der Waals surface area contributed by atoms with Gasteiger partial charge >= 0.3 is 0 Å². The Kier molecular flexibility index (Phi) is 3.72. The van der Waals surface area contributed by atoms with Gasteiger partial charge in [-0.25, -0.2) is 8.42 Å². The Balaban J connectivity index is 2.40. The summed E-state index contributed by atoms with van der Waals surface area (Å²) in [7, 11) is -3.52. The summed E-state index contributed by atoms with van der Waals surface area (Å²) in [4.78, 5) is 0.291. The van der Waals surface area contributed by atoms with Crippen LogP contribution < -0.4 is 5.73 Å². The van der Waals surface area contributed by atoms with Crippen LogP contribution in [0.2, 0.25) is 0 Å². The summed E-state index contributed by atoms with van der Waals surface area (Å²) in [5, 5.41) is 9.45. The molecule has 2 rings (SSSR count). The summed E-state index contributed by atoms with van der Waals surface area (Å²) in [6, 6.07) is 5.21. The van der Waals surface area contributed by atoms with Gasteiger partial charge in [0.25, 0.3) is 0 Å². The Morgan fingerprint density at radius 1 is 1.50 bits per heavy atom. The highest BCUT2D eigenvalue weighted by atomic mass is 32.2. The average molecular weight is 270 g/mol. The Bertz CT molecular complexity index is 542. The summed E-state index contributed by atoms with van der Waals surface area (Å²) >= 11 is 0. The fourth-order valence-corrected chi connectivity index (χ4v) is 3.88. The van der Waals surface area contributed by atoms with Gasteiger partial charge < -0.3 is 10.8 Å². The molecule has 0 amide bonds. The van der Waals surface area contributed by atoms with Gasteiger partial charge in [0.1, 0.15) is 0 Å². The van der Waals surface area contributed by atoms with Crippen LogP contribution in [0.3, 0.4) is 0 Å². The smallest absolute Gasteiger partial charge is 0.243 e. The molecule has 0 radical (unpaired) electrons. The predicted molar refractivity (Wildman–Crippen MR) is 68.5 cm³/mol. The molecule has 0 bridgehead atoms. The van der Waals surface area contributed by atoms with E-state index in [1.807, 2.05) is 6.07 Å². The topological polar surface area (TPSA) is 83.6 Å². The van der Waals surface area contributed by atoms with Gasteiger partial charge in [0, 0.05) is 19.6 Å². The molecule has 1 aliphatic rings. The lowest BCUT2D eigenvalue weighted by Gasteiger charge is -2.17. The van der Waals surface area contributed by atoms with Crippen LogP contribution in [0.25, 0.3) is 0 Å². The highest BCUT2D eigenvalue weighted by Crippen LogP contribution is 2.24. The molecule has 18 heavy (non-hydrogen) atoms. The zero-order valence-electron chi connectivity index (χ0n) is 10.3. The van der Waals surface area contributed by atoms with Gasteiger partial charge in [-0.1, -0.05) is 12.1 Å². The first-order valence-corrected chi connectivity index (χ1v) is 7.37. The van der Waals surface area contributed by atoms with E-state index < -0.39 is 16.1 Å². The average Bonchev–Trinajstić information content (AvgIpc) is 2.77. The molecule has 1 heterocycles. The van der Waals surface area contributed by atoms with Crippen LogP contribution in [0, 0.1) is 6.92 Å². The highest BCUT2D eigenvalue weighted by Gasteiger charge is 2.32. The van der Waals surface area contributed by atoms with Crippen molar-refractivity contribution in [1.29, 1.82) is 0 Å². The van der Waals surface area contributed by atoms with Crippen LogP contribution in [0.15, 0.2) is 23.1 Å². The second kappa shape index (κ2) is 4.97. The van der Waals surface area contributed by atoms with E-state index in [4.69, 9.17) is 5.73 Å². The van der Waals surface area contributed by atoms with Crippen LogP contribution in [0.1, 0.15) is 17.5 Å². The highest BCUT2D eigenvalue weighted by molar-refractivity contribution is 7.89. The second-order valence-corrected chi connectivity index (χ2v) is 6.52. The Labute approximate surface area is 107 Å². The molecule has 1 aromatic rings. The standard InChI is InChI=1S/C12H18N2O3S/c1-9-2-3-10(7-13)6-12(9)18(16,17)14-5-4-11(15)8-14/h2-3,6,11,15H,4-5,7-8,13H2,1H3. The van der Waals surface area contributed by atoms with Crippen molar-refractivity contribution in [1.82, 2.24) is 4.31 Å². The fourth-order valence-electron chi connectivity index (χ4n) is 2.12. The number of aryl methyl sites for hydroxylation is 1. The summed E-state index contributed by atoms with van der Waals surface area (Å²) < 4.78 is 26.2. The summed E-state index contributed by atoms with van der Waals surface area (Å²) in [6.45, 7) is 2.62. The van der Waals surface area contributed by atoms with Crippen molar-refractivity contribution in [3.63, 3.8) is 0 Å². The summed E-state index contributed by atoms with van der Waals surface area (Å²) in [5.41, 5.74) is 7.03. The van der Waals surface area contributed by atoms with E-state index in [1.54, 1.807) is 19.1 Å². The van der Waals surface area contributed by atoms with Crippen LogP contribution in [0.5, 0.6) is 0 Å². The maximum Gasteiger partial charge on any atom is 0.243 e. The predicted octanol–water partition coefficient (Wildman–Crippen LogP) is 0.209. The molecule has 1 aromatic carbocycles. The largest absolute Gasteiger partial charge is 0.392 e. The lowest BCUT2D eigenvalue weighted by molar-refractivity contribution is 0.189. The third-order valence-corrected chi connectivity index (χ3v) is 5.24. The Morgan fingerprint density at radius 3 is 2.78 bits per heavy atom. The van der Waals surface area contributed by atoms with Crippen molar-refractivity contribution in [2.75, 3.05) is 13.1 Å². The molecule has 0 aromatic heterocycles. The van der Waals surface area contributed by atoms with E-state index in [9.17, 15) is 13.5 Å². The van der Waals surface area contributed by atoms with Gasteiger partial charge in [-0.05, 0) is 30.5 Å². The van der Waals surface area contributed by atoms with Crippen LogP contribution >= 0.6 is 0 Å². The van der Waals surface area contributed by atoms with Crippen LogP contribution in [-0.2, 0) is 16.6 Å². The molecule has 5 nitrogen and oxygen atoms in total. The van der Waals surface area contributed by atoms with Gasteiger partial charge in [-0.2, -0.15) is 4.31 Å². The van der Waals surface area contributed by atoms with E-state index in [1.165, 1.54) is 4.31 Å². The van der Waals surface area contributed by atoms with Gasteiger partial charge in [0.05, 0.1) is 11.0 Å². The molecule has 0 saturated carbocycles. The lowest BCUT2D eigenvalue weighted by Crippen LogP contribution is -2.30. The number of aliphatic hydroxyl groups is 1. The minimum absolute atomic E-state index is 0.175. The molecule has 1 fully saturated rings. The summed E-state index contributed by atoms with van der Waals surface area (Å²) in [6.07, 6.45) is -0.0627. The minimum Gasteiger partial charge on any atom is -0.392 e. The number of benzene rings is 1. The maximum absolute atomic E-state index is 12.4. The molecule has 3 N–H and O–H groups in total. The number of nitrogens with two attached hydrogens (primary N) is 1. The van der Waals surface area contributed by atoms with Crippen molar-refractivity contribution in [3.8, 4) is 0 Å². The first kappa shape index (κ1) is 13.5. The van der Waals surface area contributed by atoms with E-state index in [2.05, 4.69) is 0 Å². The van der Waals surface area contributed by atoms with Crippen LogP contribution in [-0.4, -0.2) is 37.0 Å². The summed E-state index contributed by atoms with van der Waals surface area (Å²) in [5.74, 6) is 0. The molecule has 1 atom stereocenters. The first-order chi connectivity index (χ1) is 8.45. The normalized spacial score (nSPS) is 21.4. The third-order valence-electron chi connectivity index (χ3n) is 3.23. The van der Waals surface area contributed by atoms with E-state index >= 15 is 0 Å². The molecule has 0 spiro atoms. The third kappa shape index (κ3) is 2.42. The lowest BCUT2D eigenvalue weighted by atomic mass is 10.1. The zero-order valence-corrected chi connectivity index (χ0v) is 11.2. The van der Waals surface area contributed by atoms with Gasteiger partial charge in [-0.15, -0.1) is 0 Å². The van der Waals surface area contributed by atoms with Crippen molar-refractivity contribution in [2.24, 2.45) is 5.73 Å². The van der Waals surface area contributed by atoms with E-state index in [0.29, 0.717) is 30.0 Å². The maximum atomic E-state index is 12.4. The van der Waals surface area contributed by atoms with Gasteiger partial charge in [0.15, 0.2) is 0 Å². The monoisotopic (exact) mass is 270 g/mol. The molecule has 1 saturated heterocycles. The molecule has 100 valence electrons. The Hall–Kier alpha value is -0.950. The SMILES string of the molecule is Cc1ccc(CN)cc1S(=O)(=O)N1CCC(O)C1. The van der Waals surface area contributed by atoms with Gasteiger partial charge in [0.2, 0.25) is 10.0 Å². The number of rotatable bonds is 3. The fraction of sp³-hybridized carbons (Fsp3) is 0.500. The number of sulfonamides is 1. The molecule has 1 unspecified atom stereocenters. The number of aliphatic hydroxyl groups excluding tert-OH is 1. The van der Waals surface area contributed by atoms with Crippen molar-refractivity contribution < 1.29 is 13.5 Å². The number of β-amino-alcohol motifs (C(OH)–C–C–N with tert-alkyl or cyclic N) is 1. The van der Waals surface area contributed by atoms with Crippen molar-refractivity contribution >= 4 is 10.0 Å². The number of hydrogen-bond donors (Lipinski definition) is 2. The van der Waals surface area contributed by atoms with Crippen LogP contribution in [0.4, 0.5) is 0 Å². The molecule has 1 aliphatic heterocycles. The Morgan fingerprint density at radius 2 is 2.22 bits per heavy atom.